The molecule has 0 saturated heterocycles. The van der Waals surface area contributed by atoms with E-state index < -0.39 is 0 Å². The van der Waals surface area contributed by atoms with Gasteiger partial charge in [-0.3, -0.25) is 0 Å². The molecule has 2 fully saturated rings. The zero-order valence-electron chi connectivity index (χ0n) is 29.8. The third kappa shape index (κ3) is 9.21. The van der Waals surface area contributed by atoms with Gasteiger partial charge in [-0.1, -0.05) is 82.6 Å². The van der Waals surface area contributed by atoms with Crippen LogP contribution in [-0.2, 0) is 5.41 Å². The van der Waals surface area contributed by atoms with Crippen LogP contribution in [0.5, 0.6) is 23.0 Å². The summed E-state index contributed by atoms with van der Waals surface area (Å²) in [6, 6.07) is 32.9. The fraction of sp³-hybridized carbons (Fsp3) is 0.467. The van der Waals surface area contributed by atoms with Crippen LogP contribution in [0.4, 0.5) is 11.4 Å². The lowest BCUT2D eigenvalue weighted by Gasteiger charge is -2.43. The van der Waals surface area contributed by atoms with Crippen molar-refractivity contribution in [2.75, 3.05) is 11.5 Å². The second kappa shape index (κ2) is 16.7. The van der Waals surface area contributed by atoms with E-state index >= 15 is 0 Å². The molecule has 4 N–H and O–H groups in total. The molecule has 0 amide bonds. The summed E-state index contributed by atoms with van der Waals surface area (Å²) in [4.78, 5) is 0. The minimum absolute atomic E-state index is 0.0300. The smallest absolute Gasteiger partial charge is 0.127 e. The number of ether oxygens (including phenoxy) is 2. The molecule has 260 valence electrons. The average Bonchev–Trinajstić information content (AvgIpc) is 3.14. The van der Waals surface area contributed by atoms with Crippen LogP contribution in [0, 0.1) is 11.3 Å². The minimum Gasteiger partial charge on any atom is -0.457 e. The van der Waals surface area contributed by atoms with Crippen LogP contribution in [0.1, 0.15) is 127 Å². The van der Waals surface area contributed by atoms with Crippen LogP contribution in [0.3, 0.4) is 0 Å². The summed E-state index contributed by atoms with van der Waals surface area (Å²) in [5.74, 6) is 4.10. The van der Waals surface area contributed by atoms with E-state index in [0.717, 1.165) is 53.1 Å². The van der Waals surface area contributed by atoms with Crippen LogP contribution in [0.25, 0.3) is 0 Å². The number of rotatable bonds is 15. The number of anilines is 2. The molecule has 0 radical (unpaired) electrons. The average molecular weight is 659 g/mol. The first-order valence-corrected chi connectivity index (χ1v) is 19.2. The molecule has 0 aliphatic heterocycles. The molecule has 4 aromatic carbocycles. The van der Waals surface area contributed by atoms with Crippen molar-refractivity contribution in [1.29, 1.82) is 0 Å². The van der Waals surface area contributed by atoms with Crippen molar-refractivity contribution < 1.29 is 9.47 Å². The maximum Gasteiger partial charge on any atom is 0.127 e. The van der Waals surface area contributed by atoms with Crippen molar-refractivity contribution in [2.24, 2.45) is 11.3 Å². The number of nitrogen functional groups attached to an aromatic ring is 2. The molecule has 0 bridgehead atoms. The Balaban J connectivity index is 1.16. The standard InChI is InChI=1S/C45H58N2O2/c1-2-3-4-5-7-29-44(30-8-6-9-31-44)32-26-35-27-33-45(34-28-35,36-10-18-40(19-11-36)48-42-22-14-38(46)15-23-42)37-12-20-41(21-13-37)49-43-24-16-39(47)17-25-43/h10-25,35H,2-9,26-34,46-47H2,1H3. The van der Waals surface area contributed by atoms with Crippen LogP contribution < -0.4 is 20.9 Å². The van der Waals surface area contributed by atoms with Crippen LogP contribution in [0.15, 0.2) is 97.1 Å². The van der Waals surface area contributed by atoms with Crippen molar-refractivity contribution in [2.45, 2.75) is 121 Å². The first-order chi connectivity index (χ1) is 24.0. The summed E-state index contributed by atoms with van der Waals surface area (Å²) in [6.07, 6.45) is 23.4. The maximum atomic E-state index is 6.18. The number of benzene rings is 4. The molecule has 4 nitrogen and oxygen atoms in total. The van der Waals surface area contributed by atoms with E-state index in [1.807, 2.05) is 48.5 Å². The Hall–Kier alpha value is -3.92. The van der Waals surface area contributed by atoms with Gasteiger partial charge in [0.2, 0.25) is 0 Å². The SMILES string of the molecule is CCCCCCCC1(CCC2CCC(c3ccc(Oc4ccc(N)cc4)cc3)(c3ccc(Oc4ccc(N)cc4)cc3)CC2)CCCCC1. The van der Waals surface area contributed by atoms with Crippen molar-refractivity contribution in [3.05, 3.63) is 108 Å². The van der Waals surface area contributed by atoms with Crippen LogP contribution in [-0.4, -0.2) is 0 Å². The highest BCUT2D eigenvalue weighted by molar-refractivity contribution is 5.47. The fourth-order valence-corrected chi connectivity index (χ4v) is 8.77. The van der Waals surface area contributed by atoms with Crippen molar-refractivity contribution in [3.8, 4) is 23.0 Å². The summed E-state index contributed by atoms with van der Waals surface area (Å²) in [5, 5.41) is 0. The fourth-order valence-electron chi connectivity index (χ4n) is 8.77. The topological polar surface area (TPSA) is 70.5 Å². The normalized spacial score (nSPS) is 17.4. The third-order valence-corrected chi connectivity index (χ3v) is 11.8. The van der Waals surface area contributed by atoms with E-state index in [1.54, 1.807) is 0 Å². The molecule has 0 spiro atoms. The predicted octanol–water partition coefficient (Wildman–Crippen LogP) is 13.0. The molecule has 2 saturated carbocycles. The summed E-state index contributed by atoms with van der Waals surface area (Å²) in [6.45, 7) is 2.32. The Morgan fingerprint density at radius 3 is 1.45 bits per heavy atom. The van der Waals surface area contributed by atoms with Gasteiger partial charge in [-0.25, -0.2) is 0 Å². The Kier molecular flexibility index (Phi) is 11.9. The molecule has 0 heterocycles. The third-order valence-electron chi connectivity index (χ3n) is 11.8. The quantitative estimate of drug-likeness (QED) is 0.0985. The molecule has 2 aliphatic rings. The lowest BCUT2D eigenvalue weighted by molar-refractivity contribution is 0.128. The van der Waals surface area contributed by atoms with Gasteiger partial charge in [-0.2, -0.15) is 0 Å². The van der Waals surface area contributed by atoms with Gasteiger partial charge >= 0.3 is 0 Å². The minimum atomic E-state index is -0.0300. The van der Waals surface area contributed by atoms with Crippen molar-refractivity contribution in [1.82, 2.24) is 0 Å². The van der Waals surface area contributed by atoms with Gasteiger partial charge in [-0.05, 0) is 153 Å². The largest absolute Gasteiger partial charge is 0.457 e. The van der Waals surface area contributed by atoms with Gasteiger partial charge in [0, 0.05) is 16.8 Å². The molecule has 6 rings (SSSR count). The molecule has 49 heavy (non-hydrogen) atoms. The van der Waals surface area contributed by atoms with E-state index in [2.05, 4.69) is 55.5 Å². The van der Waals surface area contributed by atoms with Crippen molar-refractivity contribution in [3.63, 3.8) is 0 Å². The molecular weight excluding hydrogens is 601 g/mol. The van der Waals surface area contributed by atoms with E-state index in [4.69, 9.17) is 20.9 Å². The molecule has 4 aromatic rings. The van der Waals surface area contributed by atoms with Gasteiger partial charge in [0.05, 0.1) is 0 Å². The van der Waals surface area contributed by atoms with E-state index in [-0.39, 0.29) is 5.41 Å². The van der Waals surface area contributed by atoms with E-state index in [0.29, 0.717) is 5.41 Å². The Morgan fingerprint density at radius 2 is 0.980 bits per heavy atom. The Labute approximate surface area is 295 Å². The Bertz CT molecular complexity index is 1450. The lowest BCUT2D eigenvalue weighted by Crippen LogP contribution is -2.34. The van der Waals surface area contributed by atoms with E-state index in [1.165, 1.54) is 107 Å². The van der Waals surface area contributed by atoms with Gasteiger partial charge in [-0.15, -0.1) is 0 Å². The highest BCUT2D eigenvalue weighted by atomic mass is 16.5. The van der Waals surface area contributed by atoms with Crippen molar-refractivity contribution >= 4 is 11.4 Å². The maximum absolute atomic E-state index is 6.18. The van der Waals surface area contributed by atoms with Gasteiger partial charge in [0.1, 0.15) is 23.0 Å². The van der Waals surface area contributed by atoms with Gasteiger partial charge in [0.25, 0.3) is 0 Å². The number of unbranched alkanes of at least 4 members (excludes halogenated alkanes) is 4. The molecule has 0 unspecified atom stereocenters. The second-order valence-electron chi connectivity index (χ2n) is 15.2. The number of nitrogens with two attached hydrogens (primary N) is 2. The zero-order valence-corrected chi connectivity index (χ0v) is 29.8. The number of hydrogen-bond acceptors (Lipinski definition) is 4. The molecule has 0 aromatic heterocycles. The molecule has 0 atom stereocenters. The van der Waals surface area contributed by atoms with Crippen LogP contribution >= 0.6 is 0 Å². The summed E-state index contributed by atoms with van der Waals surface area (Å²) in [5.41, 5.74) is 16.6. The predicted molar refractivity (Wildman–Crippen MR) is 206 cm³/mol. The first kappa shape index (κ1) is 34.9. The zero-order chi connectivity index (χ0) is 33.9. The highest BCUT2D eigenvalue weighted by Gasteiger charge is 2.39. The Morgan fingerprint density at radius 1 is 0.531 bits per heavy atom. The van der Waals surface area contributed by atoms with Crippen LogP contribution in [0.2, 0.25) is 0 Å². The molecule has 4 heteroatoms. The highest BCUT2D eigenvalue weighted by Crippen LogP contribution is 2.51. The lowest BCUT2D eigenvalue weighted by atomic mass is 9.61. The van der Waals surface area contributed by atoms with Gasteiger partial charge in [0.15, 0.2) is 0 Å². The summed E-state index contributed by atoms with van der Waals surface area (Å²) < 4.78 is 12.4. The molecule has 2 aliphatic carbocycles. The second-order valence-corrected chi connectivity index (χ2v) is 15.2. The summed E-state index contributed by atoms with van der Waals surface area (Å²) >= 11 is 0. The van der Waals surface area contributed by atoms with E-state index in [9.17, 15) is 0 Å². The molecular formula is C45H58N2O2. The monoisotopic (exact) mass is 658 g/mol. The summed E-state index contributed by atoms with van der Waals surface area (Å²) in [7, 11) is 0. The first-order valence-electron chi connectivity index (χ1n) is 19.2. The number of hydrogen-bond donors (Lipinski definition) is 2. The van der Waals surface area contributed by atoms with Gasteiger partial charge < -0.3 is 20.9 Å².